The third-order valence-electron chi connectivity index (χ3n) is 3.52. The number of ether oxygens (including phenoxy) is 1. The summed E-state index contributed by atoms with van der Waals surface area (Å²) >= 11 is 0. The van der Waals surface area contributed by atoms with Gasteiger partial charge in [-0.2, -0.15) is 0 Å². The van der Waals surface area contributed by atoms with E-state index in [2.05, 4.69) is 10.5 Å². The molecule has 0 unspecified atom stereocenters. The van der Waals surface area contributed by atoms with Crippen LogP contribution in [-0.2, 0) is 13.2 Å². The molecule has 0 fully saturated rings. The van der Waals surface area contributed by atoms with Crippen LogP contribution < -0.4 is 10.1 Å². The zero-order chi connectivity index (χ0) is 16.8. The zero-order valence-corrected chi connectivity index (χ0v) is 13.4. The minimum atomic E-state index is -0.322. The first-order valence-corrected chi connectivity index (χ1v) is 7.68. The maximum Gasteiger partial charge on any atom is 0.290 e. The van der Waals surface area contributed by atoms with E-state index in [0.29, 0.717) is 19.0 Å². The molecule has 0 bridgehead atoms. The highest BCUT2D eigenvalue weighted by molar-refractivity contribution is 5.91. The quantitative estimate of drug-likeness (QED) is 0.754. The lowest BCUT2D eigenvalue weighted by Gasteiger charge is -2.03. The van der Waals surface area contributed by atoms with Gasteiger partial charge in [0.05, 0.1) is 6.07 Å². The zero-order valence-electron chi connectivity index (χ0n) is 13.4. The molecule has 0 aliphatic heterocycles. The number of hydrogen-bond donors (Lipinski definition) is 1. The van der Waals surface area contributed by atoms with E-state index in [1.165, 1.54) is 11.6 Å². The number of nitrogens with zero attached hydrogens (tertiary/aromatic N) is 1. The Bertz CT molecular complexity index is 795. The summed E-state index contributed by atoms with van der Waals surface area (Å²) < 4.78 is 10.5. The van der Waals surface area contributed by atoms with Crippen LogP contribution >= 0.6 is 0 Å². The van der Waals surface area contributed by atoms with E-state index in [4.69, 9.17) is 9.26 Å². The Morgan fingerprint density at radius 2 is 1.83 bits per heavy atom. The lowest BCUT2D eigenvalue weighted by molar-refractivity contribution is 0.0913. The summed E-state index contributed by atoms with van der Waals surface area (Å²) in [5.74, 6) is 0.0992. The average Bonchev–Trinajstić information content (AvgIpc) is 3.09. The Morgan fingerprint density at radius 1 is 1.08 bits per heavy atom. The fourth-order valence-electron chi connectivity index (χ4n) is 2.14. The number of rotatable bonds is 6. The van der Waals surface area contributed by atoms with E-state index in [9.17, 15) is 4.79 Å². The highest BCUT2D eigenvalue weighted by Crippen LogP contribution is 2.13. The lowest BCUT2D eigenvalue weighted by Crippen LogP contribution is -2.22. The van der Waals surface area contributed by atoms with Crippen LogP contribution in [0.3, 0.4) is 0 Å². The molecule has 5 heteroatoms. The first-order chi connectivity index (χ1) is 11.7. The molecule has 3 rings (SSSR count). The Kier molecular flexibility index (Phi) is 4.91. The Hall–Kier alpha value is -3.08. The van der Waals surface area contributed by atoms with Crippen LogP contribution in [0.15, 0.2) is 65.2 Å². The summed E-state index contributed by atoms with van der Waals surface area (Å²) in [6.45, 7) is 2.83. The molecule has 24 heavy (non-hydrogen) atoms. The molecule has 1 aromatic heterocycles. The van der Waals surface area contributed by atoms with Gasteiger partial charge in [-0.25, -0.2) is 0 Å². The van der Waals surface area contributed by atoms with Crippen LogP contribution in [-0.4, -0.2) is 11.1 Å². The van der Waals surface area contributed by atoms with Gasteiger partial charge in [0, 0.05) is 6.54 Å². The summed E-state index contributed by atoms with van der Waals surface area (Å²) in [4.78, 5) is 12.1. The summed E-state index contributed by atoms with van der Waals surface area (Å²) in [7, 11) is 0. The maximum absolute atomic E-state index is 12.1. The Morgan fingerprint density at radius 3 is 2.58 bits per heavy atom. The number of amides is 1. The van der Waals surface area contributed by atoms with Gasteiger partial charge < -0.3 is 14.6 Å². The van der Waals surface area contributed by atoms with Crippen molar-refractivity contribution in [3.8, 4) is 5.88 Å². The van der Waals surface area contributed by atoms with Crippen LogP contribution in [0.1, 0.15) is 27.2 Å². The largest absolute Gasteiger partial charge is 0.471 e. The van der Waals surface area contributed by atoms with Crippen molar-refractivity contribution in [2.75, 3.05) is 0 Å². The third-order valence-corrected chi connectivity index (χ3v) is 3.52. The molecule has 0 radical (unpaired) electrons. The Balaban J connectivity index is 1.52. The number of nitrogens with one attached hydrogen (secondary N) is 1. The fourth-order valence-corrected chi connectivity index (χ4v) is 2.14. The molecular weight excluding hydrogens is 304 g/mol. The second kappa shape index (κ2) is 7.46. The summed E-state index contributed by atoms with van der Waals surface area (Å²) in [6, 6.07) is 19.2. The normalized spacial score (nSPS) is 10.4. The van der Waals surface area contributed by atoms with E-state index < -0.39 is 0 Å². The molecule has 1 N–H and O–H groups in total. The summed E-state index contributed by atoms with van der Waals surface area (Å²) in [5.41, 5.74) is 3.22. The van der Waals surface area contributed by atoms with Crippen LogP contribution in [0.4, 0.5) is 0 Å². The van der Waals surface area contributed by atoms with Crippen LogP contribution in [0.2, 0.25) is 0 Å². The van der Waals surface area contributed by atoms with Crippen molar-refractivity contribution in [1.82, 2.24) is 10.5 Å². The average molecular weight is 322 g/mol. The van der Waals surface area contributed by atoms with Crippen molar-refractivity contribution < 1.29 is 14.1 Å². The van der Waals surface area contributed by atoms with Gasteiger partial charge in [0.25, 0.3) is 11.8 Å². The van der Waals surface area contributed by atoms with Crippen LogP contribution in [0.25, 0.3) is 0 Å². The smallest absolute Gasteiger partial charge is 0.290 e. The number of hydrogen-bond acceptors (Lipinski definition) is 4. The van der Waals surface area contributed by atoms with E-state index in [1.54, 1.807) is 0 Å². The van der Waals surface area contributed by atoms with Gasteiger partial charge in [-0.15, -0.1) is 0 Å². The molecule has 0 spiro atoms. The highest BCUT2D eigenvalue weighted by atomic mass is 16.5. The fraction of sp³-hybridized carbons (Fsp3) is 0.158. The number of aryl methyl sites for hydroxylation is 1. The molecule has 5 nitrogen and oxygen atoms in total. The van der Waals surface area contributed by atoms with Gasteiger partial charge in [0.15, 0.2) is 0 Å². The molecule has 0 atom stereocenters. The van der Waals surface area contributed by atoms with Gasteiger partial charge in [-0.05, 0) is 23.2 Å². The molecular formula is C19H18N2O3. The summed E-state index contributed by atoms with van der Waals surface area (Å²) in [5, 5.41) is 6.55. The second-order valence-corrected chi connectivity index (χ2v) is 5.47. The molecule has 3 aromatic rings. The van der Waals surface area contributed by atoms with Crippen LogP contribution in [0.5, 0.6) is 5.88 Å². The highest BCUT2D eigenvalue weighted by Gasteiger charge is 2.13. The van der Waals surface area contributed by atoms with Crippen molar-refractivity contribution in [2.24, 2.45) is 0 Å². The maximum atomic E-state index is 12.1. The molecule has 1 amide bonds. The predicted molar refractivity (Wildman–Crippen MR) is 89.6 cm³/mol. The molecule has 0 saturated heterocycles. The van der Waals surface area contributed by atoms with E-state index in [0.717, 1.165) is 11.1 Å². The number of carbonyl (C=O) groups is 1. The molecule has 0 aliphatic carbocycles. The molecule has 0 saturated carbocycles. The van der Waals surface area contributed by atoms with E-state index in [1.807, 2.05) is 61.5 Å². The SMILES string of the molecule is Cc1ccc(CNC(=O)c2cc(OCc3ccccc3)no2)cc1. The first kappa shape index (κ1) is 15.8. The van der Waals surface area contributed by atoms with E-state index >= 15 is 0 Å². The monoisotopic (exact) mass is 322 g/mol. The van der Waals surface area contributed by atoms with Gasteiger partial charge in [-0.3, -0.25) is 4.79 Å². The first-order valence-electron chi connectivity index (χ1n) is 7.68. The molecule has 2 aromatic carbocycles. The topological polar surface area (TPSA) is 64.4 Å². The lowest BCUT2D eigenvalue weighted by atomic mass is 10.1. The number of benzene rings is 2. The minimum Gasteiger partial charge on any atom is -0.471 e. The third kappa shape index (κ3) is 4.23. The van der Waals surface area contributed by atoms with E-state index in [-0.39, 0.29) is 11.7 Å². The van der Waals surface area contributed by atoms with Gasteiger partial charge in [0.1, 0.15) is 6.61 Å². The minimum absolute atomic E-state index is 0.130. The van der Waals surface area contributed by atoms with Crippen LogP contribution in [0, 0.1) is 6.92 Å². The van der Waals surface area contributed by atoms with Gasteiger partial charge in [-0.1, -0.05) is 60.2 Å². The predicted octanol–water partition coefficient (Wildman–Crippen LogP) is 3.49. The van der Waals surface area contributed by atoms with Crippen molar-refractivity contribution in [3.63, 3.8) is 0 Å². The van der Waals surface area contributed by atoms with Gasteiger partial charge in [0.2, 0.25) is 5.76 Å². The number of aromatic nitrogens is 1. The molecule has 122 valence electrons. The van der Waals surface area contributed by atoms with Crippen molar-refractivity contribution in [1.29, 1.82) is 0 Å². The van der Waals surface area contributed by atoms with Crippen molar-refractivity contribution in [2.45, 2.75) is 20.1 Å². The van der Waals surface area contributed by atoms with Crippen molar-refractivity contribution in [3.05, 3.63) is 83.1 Å². The Labute approximate surface area is 140 Å². The standard InChI is InChI=1S/C19H18N2O3/c1-14-7-9-15(10-8-14)12-20-19(22)17-11-18(21-24-17)23-13-16-5-3-2-4-6-16/h2-11H,12-13H2,1H3,(H,20,22). The second-order valence-electron chi connectivity index (χ2n) is 5.47. The molecule has 1 heterocycles. The van der Waals surface area contributed by atoms with Crippen molar-refractivity contribution >= 4 is 5.91 Å². The molecule has 0 aliphatic rings. The van der Waals surface area contributed by atoms with Gasteiger partial charge >= 0.3 is 0 Å². The summed E-state index contributed by atoms with van der Waals surface area (Å²) in [6.07, 6.45) is 0. The number of carbonyl (C=O) groups excluding carboxylic acids is 1.